The molecular formula is C36H69NO13Si. The highest BCUT2D eigenvalue weighted by molar-refractivity contribution is 6.74. The van der Waals surface area contributed by atoms with E-state index in [1.54, 1.807) is 6.07 Å². The molecule has 0 saturated heterocycles. The van der Waals surface area contributed by atoms with E-state index in [2.05, 4.69) is 33.9 Å². The fourth-order valence-electron chi connectivity index (χ4n) is 3.70. The summed E-state index contributed by atoms with van der Waals surface area (Å²) in [5.74, 6) is 0.668. The van der Waals surface area contributed by atoms with Crippen molar-refractivity contribution in [2.45, 2.75) is 38.9 Å². The molecule has 14 nitrogen and oxygen atoms in total. The summed E-state index contributed by atoms with van der Waals surface area (Å²) in [6, 6.07) is 7.38. The molecule has 0 spiro atoms. The fourth-order valence-corrected chi connectivity index (χ4v) is 4.72. The predicted octanol–water partition coefficient (Wildman–Crippen LogP) is 3.85. The van der Waals surface area contributed by atoms with E-state index in [0.717, 1.165) is 0 Å². The summed E-state index contributed by atoms with van der Waals surface area (Å²) in [5, 5.41) is 0.214. The van der Waals surface area contributed by atoms with Gasteiger partial charge < -0.3 is 67.0 Å². The van der Waals surface area contributed by atoms with Gasteiger partial charge in [0.05, 0.1) is 158 Å². The smallest absolute Gasteiger partial charge is 0.192 e. The second-order valence-corrected chi connectivity index (χ2v) is 17.5. The van der Waals surface area contributed by atoms with Crippen molar-refractivity contribution in [2.24, 2.45) is 0 Å². The van der Waals surface area contributed by atoms with Crippen LogP contribution in [-0.4, -0.2) is 167 Å². The lowest BCUT2D eigenvalue weighted by atomic mass is 10.2. The Morgan fingerprint density at radius 1 is 0.412 bits per heavy atom. The number of hydrogen-bond acceptors (Lipinski definition) is 14. The van der Waals surface area contributed by atoms with E-state index in [9.17, 15) is 0 Å². The molecule has 0 atom stereocenters. The molecule has 0 amide bonds. The Hall–Kier alpha value is -1.44. The zero-order valence-electron chi connectivity index (χ0n) is 32.2. The molecule has 2 N–H and O–H groups in total. The highest BCUT2D eigenvalue weighted by Gasteiger charge is 2.36. The number of anilines is 1. The number of para-hydroxylation sites is 2. The van der Waals surface area contributed by atoms with Gasteiger partial charge in [-0.05, 0) is 30.3 Å². The molecule has 0 aliphatic heterocycles. The quantitative estimate of drug-likeness (QED) is 0.0593. The van der Waals surface area contributed by atoms with Gasteiger partial charge in [-0.1, -0.05) is 32.9 Å². The van der Waals surface area contributed by atoms with Gasteiger partial charge in [-0.3, -0.25) is 0 Å². The monoisotopic (exact) mass is 751 g/mol. The van der Waals surface area contributed by atoms with Crippen LogP contribution in [0.25, 0.3) is 0 Å². The van der Waals surface area contributed by atoms with Crippen LogP contribution in [0.1, 0.15) is 20.8 Å². The van der Waals surface area contributed by atoms with Crippen molar-refractivity contribution in [1.82, 2.24) is 0 Å². The first kappa shape index (κ1) is 47.6. The van der Waals surface area contributed by atoms with Crippen LogP contribution in [0.2, 0.25) is 18.1 Å². The Balaban J connectivity index is 1.65. The molecule has 1 rings (SSSR count). The van der Waals surface area contributed by atoms with Crippen molar-refractivity contribution in [1.29, 1.82) is 0 Å². The lowest BCUT2D eigenvalue weighted by Crippen LogP contribution is -2.41. The summed E-state index contributed by atoms with van der Waals surface area (Å²) in [4.78, 5) is 0. The first-order valence-electron chi connectivity index (χ1n) is 18.2. The first-order chi connectivity index (χ1) is 24.7. The average molecular weight is 752 g/mol. The SMILES string of the molecule is CC(C)(C)[Si](C)(C)OCCOCCOCCOCCOCCOCCOCCOCCOCCOCCOCCOCCOc1ccccc1N. The molecule has 0 aliphatic carbocycles. The first-order valence-corrected chi connectivity index (χ1v) is 21.1. The Morgan fingerprint density at radius 2 is 0.667 bits per heavy atom. The lowest BCUT2D eigenvalue weighted by Gasteiger charge is -2.36. The molecule has 1 aromatic rings. The van der Waals surface area contributed by atoms with Crippen LogP contribution in [0.4, 0.5) is 5.69 Å². The molecule has 300 valence electrons. The second kappa shape index (κ2) is 33.1. The summed E-state index contributed by atoms with van der Waals surface area (Å²) in [7, 11) is -1.70. The van der Waals surface area contributed by atoms with Crippen LogP contribution >= 0.6 is 0 Å². The van der Waals surface area contributed by atoms with Gasteiger partial charge in [-0.25, -0.2) is 0 Å². The highest BCUT2D eigenvalue weighted by Crippen LogP contribution is 2.36. The number of nitrogen functional groups attached to an aromatic ring is 1. The van der Waals surface area contributed by atoms with Gasteiger partial charge in [0.1, 0.15) is 12.4 Å². The maximum Gasteiger partial charge on any atom is 0.192 e. The molecule has 0 heterocycles. The van der Waals surface area contributed by atoms with Crippen LogP contribution < -0.4 is 10.5 Å². The minimum atomic E-state index is -1.70. The zero-order chi connectivity index (χ0) is 37.1. The standard InChI is InChI=1S/C36H69NO13Si/c1-36(2,3)51(4,5)50-33-31-48-29-27-46-25-23-44-21-19-42-17-15-40-13-11-38-10-12-39-14-16-41-18-20-43-22-24-45-26-28-47-30-32-49-35-9-7-6-8-34(35)37/h6-9H,10-33,37H2,1-5H3. The number of benzene rings is 1. The third-order valence-electron chi connectivity index (χ3n) is 7.62. The van der Waals surface area contributed by atoms with E-state index in [4.69, 9.17) is 67.0 Å². The molecule has 0 fully saturated rings. The van der Waals surface area contributed by atoms with Gasteiger partial charge >= 0.3 is 0 Å². The van der Waals surface area contributed by atoms with Crippen molar-refractivity contribution in [2.75, 3.05) is 164 Å². The Morgan fingerprint density at radius 3 is 0.941 bits per heavy atom. The van der Waals surface area contributed by atoms with Crippen molar-refractivity contribution < 1.29 is 61.3 Å². The van der Waals surface area contributed by atoms with E-state index in [1.807, 2.05) is 18.2 Å². The van der Waals surface area contributed by atoms with Crippen molar-refractivity contribution in [3.05, 3.63) is 24.3 Å². The summed E-state index contributed by atoms with van der Waals surface area (Å²) < 4.78 is 72.2. The normalized spacial score (nSPS) is 12.2. The van der Waals surface area contributed by atoms with Gasteiger partial charge in [0.15, 0.2) is 8.32 Å². The Labute approximate surface area is 308 Å². The third kappa shape index (κ3) is 29.7. The zero-order valence-corrected chi connectivity index (χ0v) is 33.2. The van der Waals surface area contributed by atoms with Gasteiger partial charge in [-0.2, -0.15) is 0 Å². The largest absolute Gasteiger partial charge is 0.489 e. The van der Waals surface area contributed by atoms with Crippen LogP contribution in [-0.2, 0) is 56.5 Å². The van der Waals surface area contributed by atoms with E-state index in [1.165, 1.54) is 0 Å². The minimum Gasteiger partial charge on any atom is -0.489 e. The molecule has 0 radical (unpaired) electrons. The molecule has 0 aliphatic rings. The Bertz CT molecular complexity index is 895. The number of ether oxygens (including phenoxy) is 12. The number of rotatable bonds is 38. The summed E-state index contributed by atoms with van der Waals surface area (Å²) in [5.41, 5.74) is 6.44. The van der Waals surface area contributed by atoms with E-state index >= 15 is 0 Å². The van der Waals surface area contributed by atoms with Crippen molar-refractivity contribution >= 4 is 14.0 Å². The van der Waals surface area contributed by atoms with Gasteiger partial charge in [-0.15, -0.1) is 0 Å². The van der Waals surface area contributed by atoms with Crippen LogP contribution in [0.5, 0.6) is 5.75 Å². The predicted molar refractivity (Wildman–Crippen MR) is 199 cm³/mol. The summed E-state index contributed by atoms with van der Waals surface area (Å²) in [6.07, 6.45) is 0. The molecule has 0 bridgehead atoms. The second-order valence-electron chi connectivity index (χ2n) is 12.7. The van der Waals surface area contributed by atoms with Crippen LogP contribution in [0, 0.1) is 0 Å². The topological polar surface area (TPSA) is 146 Å². The molecule has 0 aromatic heterocycles. The molecule has 1 aromatic carbocycles. The van der Waals surface area contributed by atoms with E-state index < -0.39 is 8.32 Å². The number of nitrogens with two attached hydrogens (primary N) is 1. The van der Waals surface area contributed by atoms with Gasteiger partial charge in [0.2, 0.25) is 0 Å². The average Bonchev–Trinajstić information content (AvgIpc) is 3.09. The van der Waals surface area contributed by atoms with Crippen molar-refractivity contribution in [3.8, 4) is 5.75 Å². The maximum atomic E-state index is 6.08. The molecular weight excluding hydrogens is 682 g/mol. The molecule has 0 unspecified atom stereocenters. The van der Waals surface area contributed by atoms with Crippen molar-refractivity contribution in [3.63, 3.8) is 0 Å². The van der Waals surface area contributed by atoms with E-state index in [-0.39, 0.29) is 5.04 Å². The van der Waals surface area contributed by atoms with E-state index in [0.29, 0.717) is 170 Å². The van der Waals surface area contributed by atoms with Gasteiger partial charge in [0.25, 0.3) is 0 Å². The maximum absolute atomic E-state index is 6.08. The van der Waals surface area contributed by atoms with Crippen LogP contribution in [0.3, 0.4) is 0 Å². The van der Waals surface area contributed by atoms with Gasteiger partial charge in [0, 0.05) is 0 Å². The molecule has 51 heavy (non-hydrogen) atoms. The summed E-state index contributed by atoms with van der Waals surface area (Å²) in [6.45, 7) is 23.6. The Kier molecular flexibility index (Phi) is 30.9. The summed E-state index contributed by atoms with van der Waals surface area (Å²) >= 11 is 0. The molecule has 0 saturated carbocycles. The minimum absolute atomic E-state index is 0.214. The fraction of sp³-hybridized carbons (Fsp3) is 0.833. The third-order valence-corrected chi connectivity index (χ3v) is 12.2. The van der Waals surface area contributed by atoms with Crippen LogP contribution in [0.15, 0.2) is 24.3 Å². The highest BCUT2D eigenvalue weighted by atomic mass is 28.4. The number of hydrogen-bond donors (Lipinski definition) is 1. The lowest BCUT2D eigenvalue weighted by molar-refractivity contribution is -0.0279. The molecule has 15 heteroatoms.